The zero-order valence-electron chi connectivity index (χ0n) is 11.0. The van der Waals surface area contributed by atoms with Crippen molar-refractivity contribution >= 4 is 5.91 Å². The van der Waals surface area contributed by atoms with E-state index in [2.05, 4.69) is 13.8 Å². The highest BCUT2D eigenvalue weighted by molar-refractivity contribution is 5.83. The van der Waals surface area contributed by atoms with Gasteiger partial charge in [-0.25, -0.2) is 0 Å². The van der Waals surface area contributed by atoms with Gasteiger partial charge in [0.05, 0.1) is 5.41 Å². The van der Waals surface area contributed by atoms with E-state index in [1.165, 1.54) is 0 Å². The van der Waals surface area contributed by atoms with Gasteiger partial charge in [0.25, 0.3) is 0 Å². The Balaban J connectivity index is 2.61. The summed E-state index contributed by atoms with van der Waals surface area (Å²) in [6.45, 7) is 5.72. The van der Waals surface area contributed by atoms with Crippen LogP contribution in [0.15, 0.2) is 0 Å². The molecule has 1 fully saturated rings. The molecule has 3 heteroatoms. The highest BCUT2D eigenvalue weighted by Gasteiger charge is 2.41. The van der Waals surface area contributed by atoms with E-state index in [4.69, 9.17) is 5.73 Å². The van der Waals surface area contributed by atoms with Crippen LogP contribution in [-0.4, -0.2) is 30.9 Å². The fourth-order valence-electron chi connectivity index (χ4n) is 2.64. The molecule has 0 aromatic carbocycles. The summed E-state index contributed by atoms with van der Waals surface area (Å²) in [5.41, 5.74) is 5.59. The second-order valence-electron chi connectivity index (χ2n) is 5.39. The minimum Gasteiger partial charge on any atom is -0.345 e. The van der Waals surface area contributed by atoms with Crippen molar-refractivity contribution in [1.29, 1.82) is 0 Å². The Hall–Kier alpha value is -0.570. The number of nitrogens with two attached hydrogens (primary N) is 1. The Morgan fingerprint density at radius 1 is 1.44 bits per heavy atom. The Labute approximate surface area is 99.4 Å². The summed E-state index contributed by atoms with van der Waals surface area (Å²) in [4.78, 5) is 14.3. The minimum absolute atomic E-state index is 0.234. The van der Waals surface area contributed by atoms with Crippen LogP contribution in [0, 0.1) is 11.3 Å². The monoisotopic (exact) mass is 226 g/mol. The minimum atomic E-state index is -0.234. The topological polar surface area (TPSA) is 46.3 Å². The molecule has 0 aromatic rings. The van der Waals surface area contributed by atoms with Gasteiger partial charge in [-0.2, -0.15) is 0 Å². The number of rotatable bonds is 5. The van der Waals surface area contributed by atoms with Crippen LogP contribution in [0.2, 0.25) is 0 Å². The van der Waals surface area contributed by atoms with E-state index in [9.17, 15) is 4.79 Å². The van der Waals surface area contributed by atoms with Gasteiger partial charge in [0, 0.05) is 20.1 Å². The zero-order valence-corrected chi connectivity index (χ0v) is 11.0. The summed E-state index contributed by atoms with van der Waals surface area (Å²) >= 11 is 0. The maximum Gasteiger partial charge on any atom is 0.229 e. The molecule has 1 aliphatic rings. The molecule has 0 radical (unpaired) electrons. The van der Waals surface area contributed by atoms with Gasteiger partial charge in [0.1, 0.15) is 0 Å². The maximum absolute atomic E-state index is 12.4. The summed E-state index contributed by atoms with van der Waals surface area (Å²) in [5, 5.41) is 0. The molecule has 3 nitrogen and oxygen atoms in total. The smallest absolute Gasteiger partial charge is 0.229 e. The number of amides is 1. The Bertz CT molecular complexity index is 234. The molecule has 1 amide bonds. The molecule has 1 rings (SSSR count). The lowest BCUT2D eigenvalue weighted by molar-refractivity contribution is -0.140. The van der Waals surface area contributed by atoms with Crippen molar-refractivity contribution in [1.82, 2.24) is 4.90 Å². The zero-order chi connectivity index (χ0) is 12.2. The van der Waals surface area contributed by atoms with E-state index in [1.807, 2.05) is 11.9 Å². The van der Waals surface area contributed by atoms with E-state index >= 15 is 0 Å². The van der Waals surface area contributed by atoms with E-state index in [1.54, 1.807) is 0 Å². The van der Waals surface area contributed by atoms with Crippen LogP contribution in [0.1, 0.15) is 46.0 Å². The molecular weight excluding hydrogens is 200 g/mol. The van der Waals surface area contributed by atoms with E-state index in [-0.39, 0.29) is 11.3 Å². The average Bonchev–Trinajstić information content (AvgIpc) is 2.77. The predicted octanol–water partition coefficient (Wildman–Crippen LogP) is 2.01. The number of hydrogen-bond acceptors (Lipinski definition) is 2. The molecule has 2 N–H and O–H groups in total. The molecule has 0 spiro atoms. The second kappa shape index (κ2) is 5.67. The maximum atomic E-state index is 12.4. The molecule has 1 atom stereocenters. The van der Waals surface area contributed by atoms with Gasteiger partial charge in [-0.15, -0.1) is 0 Å². The van der Waals surface area contributed by atoms with Crippen molar-refractivity contribution in [2.75, 3.05) is 20.1 Å². The summed E-state index contributed by atoms with van der Waals surface area (Å²) < 4.78 is 0. The van der Waals surface area contributed by atoms with Crippen LogP contribution in [0.4, 0.5) is 0 Å². The molecule has 16 heavy (non-hydrogen) atoms. The Morgan fingerprint density at radius 2 is 2.00 bits per heavy atom. The third kappa shape index (κ3) is 2.76. The van der Waals surface area contributed by atoms with Crippen molar-refractivity contribution in [3.05, 3.63) is 0 Å². The fourth-order valence-corrected chi connectivity index (χ4v) is 2.64. The van der Waals surface area contributed by atoms with E-state index in [0.717, 1.165) is 38.6 Å². The summed E-state index contributed by atoms with van der Waals surface area (Å²) in [7, 11) is 1.92. The van der Waals surface area contributed by atoms with Gasteiger partial charge in [0.15, 0.2) is 0 Å². The summed E-state index contributed by atoms with van der Waals surface area (Å²) in [6.07, 6.45) is 5.38. The van der Waals surface area contributed by atoms with Crippen LogP contribution in [0.25, 0.3) is 0 Å². The van der Waals surface area contributed by atoms with Gasteiger partial charge < -0.3 is 10.6 Å². The first-order valence-electron chi connectivity index (χ1n) is 6.51. The Kier molecular flexibility index (Phi) is 4.78. The molecule has 1 unspecified atom stereocenters. The lowest BCUT2D eigenvalue weighted by atomic mass is 9.84. The van der Waals surface area contributed by atoms with Crippen molar-refractivity contribution in [2.45, 2.75) is 46.0 Å². The molecular formula is C13H26N2O. The van der Waals surface area contributed by atoms with Gasteiger partial charge in [-0.3, -0.25) is 4.79 Å². The van der Waals surface area contributed by atoms with Crippen LogP contribution >= 0.6 is 0 Å². The largest absolute Gasteiger partial charge is 0.345 e. The third-order valence-electron chi connectivity index (χ3n) is 4.03. The number of carbonyl (C=O) groups is 1. The number of carbonyl (C=O) groups excluding carboxylic acids is 1. The molecule has 0 bridgehead atoms. The molecule has 0 heterocycles. The van der Waals surface area contributed by atoms with Gasteiger partial charge >= 0.3 is 0 Å². The molecule has 1 aliphatic carbocycles. The number of hydrogen-bond donors (Lipinski definition) is 1. The van der Waals surface area contributed by atoms with Crippen LogP contribution in [0.5, 0.6) is 0 Å². The third-order valence-corrected chi connectivity index (χ3v) is 4.03. The second-order valence-corrected chi connectivity index (χ2v) is 5.39. The van der Waals surface area contributed by atoms with E-state index in [0.29, 0.717) is 12.5 Å². The SMILES string of the molecule is CCC(C)CN(C)C(=O)C1(CN)CCCC1. The summed E-state index contributed by atoms with van der Waals surface area (Å²) in [5.74, 6) is 0.845. The first-order valence-corrected chi connectivity index (χ1v) is 6.51. The lowest BCUT2D eigenvalue weighted by Crippen LogP contribution is -2.46. The first-order chi connectivity index (χ1) is 7.55. The van der Waals surface area contributed by atoms with E-state index < -0.39 is 0 Å². The summed E-state index contributed by atoms with van der Waals surface area (Å²) in [6, 6.07) is 0. The van der Waals surface area contributed by atoms with Gasteiger partial charge in [-0.05, 0) is 18.8 Å². The quantitative estimate of drug-likeness (QED) is 0.779. The highest BCUT2D eigenvalue weighted by Crippen LogP contribution is 2.38. The highest BCUT2D eigenvalue weighted by atomic mass is 16.2. The average molecular weight is 226 g/mol. The van der Waals surface area contributed by atoms with Crippen molar-refractivity contribution in [3.63, 3.8) is 0 Å². The molecule has 0 aromatic heterocycles. The number of nitrogens with zero attached hydrogens (tertiary/aromatic N) is 1. The normalized spacial score (nSPS) is 20.8. The van der Waals surface area contributed by atoms with Crippen LogP contribution < -0.4 is 5.73 Å². The van der Waals surface area contributed by atoms with Crippen molar-refractivity contribution in [2.24, 2.45) is 17.1 Å². The Morgan fingerprint density at radius 3 is 2.44 bits per heavy atom. The fraction of sp³-hybridized carbons (Fsp3) is 0.923. The molecule has 1 saturated carbocycles. The first kappa shape index (κ1) is 13.5. The molecule has 94 valence electrons. The standard InChI is InChI=1S/C13H26N2O/c1-4-11(2)9-15(3)12(16)13(10-14)7-5-6-8-13/h11H,4-10,14H2,1-3H3. The predicted molar refractivity (Wildman–Crippen MR) is 67.0 cm³/mol. The lowest BCUT2D eigenvalue weighted by Gasteiger charge is -2.32. The van der Waals surface area contributed by atoms with Crippen molar-refractivity contribution in [3.8, 4) is 0 Å². The van der Waals surface area contributed by atoms with Crippen LogP contribution in [-0.2, 0) is 4.79 Å². The van der Waals surface area contributed by atoms with Gasteiger partial charge in [0.2, 0.25) is 5.91 Å². The van der Waals surface area contributed by atoms with Crippen molar-refractivity contribution < 1.29 is 4.79 Å². The van der Waals surface area contributed by atoms with Gasteiger partial charge in [-0.1, -0.05) is 33.1 Å². The molecule has 0 aliphatic heterocycles. The van der Waals surface area contributed by atoms with Crippen LogP contribution in [0.3, 0.4) is 0 Å². The molecule has 0 saturated heterocycles.